The Balaban J connectivity index is 1.99. The maximum atomic E-state index is 5.40. The Morgan fingerprint density at radius 3 is 2.09 bits per heavy atom. The maximum Gasteiger partial charge on any atom is 0.135 e. The monoisotopic (exact) mass is 157 g/mol. The molecule has 3 nitrogen and oxygen atoms in total. The number of epoxide rings is 1. The number of hydrogen-bond donors (Lipinski definition) is 0. The molecule has 3 heteroatoms. The van der Waals surface area contributed by atoms with Crippen LogP contribution in [0.25, 0.3) is 0 Å². The van der Waals surface area contributed by atoms with E-state index >= 15 is 0 Å². The average molecular weight is 157 g/mol. The van der Waals surface area contributed by atoms with Gasteiger partial charge in [-0.3, -0.25) is 4.90 Å². The van der Waals surface area contributed by atoms with Gasteiger partial charge in [-0.25, -0.2) is 0 Å². The first kappa shape index (κ1) is 7.53. The van der Waals surface area contributed by atoms with E-state index in [4.69, 9.17) is 9.47 Å². The number of ether oxygens (including phenoxy) is 2. The highest BCUT2D eigenvalue weighted by Gasteiger charge is 2.38. The van der Waals surface area contributed by atoms with Crippen LogP contribution in [0.2, 0.25) is 0 Å². The first-order valence-corrected chi connectivity index (χ1v) is 4.26. The minimum absolute atomic E-state index is 0.392. The van der Waals surface area contributed by atoms with Gasteiger partial charge in [-0.1, -0.05) is 0 Å². The Bertz CT molecular complexity index is 137. The first-order valence-electron chi connectivity index (χ1n) is 4.26. The molecule has 2 rings (SSSR count). The van der Waals surface area contributed by atoms with Gasteiger partial charge in [0.25, 0.3) is 0 Å². The van der Waals surface area contributed by atoms with E-state index in [2.05, 4.69) is 18.7 Å². The summed E-state index contributed by atoms with van der Waals surface area (Å²) < 4.78 is 10.7. The normalized spacial score (nSPS) is 45.8. The van der Waals surface area contributed by atoms with E-state index < -0.39 is 0 Å². The quantitative estimate of drug-likeness (QED) is 0.517. The molecule has 2 saturated heterocycles. The number of hydrogen-bond acceptors (Lipinski definition) is 3. The maximum absolute atomic E-state index is 5.40. The molecule has 0 saturated carbocycles. The van der Waals surface area contributed by atoms with Gasteiger partial charge in [-0.2, -0.15) is 0 Å². The fourth-order valence-electron chi connectivity index (χ4n) is 1.80. The van der Waals surface area contributed by atoms with Crippen LogP contribution in [-0.4, -0.2) is 43.0 Å². The second-order valence-corrected chi connectivity index (χ2v) is 3.47. The van der Waals surface area contributed by atoms with Crippen LogP contribution < -0.4 is 0 Å². The van der Waals surface area contributed by atoms with Gasteiger partial charge < -0.3 is 9.47 Å². The zero-order chi connectivity index (χ0) is 7.84. The predicted octanol–water partition coefficient (Wildman–Crippen LogP) is 0.452. The van der Waals surface area contributed by atoms with Crippen molar-refractivity contribution in [2.24, 2.45) is 0 Å². The molecular formula is C8H15NO2. The second kappa shape index (κ2) is 2.73. The van der Waals surface area contributed by atoms with Crippen LogP contribution in [0.1, 0.15) is 13.8 Å². The van der Waals surface area contributed by atoms with Gasteiger partial charge in [0.1, 0.15) is 6.23 Å². The SMILES string of the molecule is CC1COCC(C)N1C1CO1. The molecule has 2 fully saturated rings. The van der Waals surface area contributed by atoms with Crippen LogP contribution in [0.4, 0.5) is 0 Å². The molecule has 0 spiro atoms. The Morgan fingerprint density at radius 2 is 1.64 bits per heavy atom. The Morgan fingerprint density at radius 1 is 1.09 bits per heavy atom. The molecular weight excluding hydrogens is 142 g/mol. The minimum atomic E-state index is 0.392. The molecule has 0 aromatic rings. The van der Waals surface area contributed by atoms with Crippen molar-refractivity contribution in [1.29, 1.82) is 0 Å². The van der Waals surface area contributed by atoms with Gasteiger partial charge >= 0.3 is 0 Å². The third-order valence-corrected chi connectivity index (χ3v) is 2.38. The molecule has 0 radical (unpaired) electrons. The van der Waals surface area contributed by atoms with E-state index in [-0.39, 0.29) is 0 Å². The molecule has 0 N–H and O–H groups in total. The lowest BCUT2D eigenvalue weighted by atomic mass is 10.2. The molecule has 11 heavy (non-hydrogen) atoms. The Labute approximate surface area is 67.3 Å². The summed E-state index contributed by atoms with van der Waals surface area (Å²) in [5.41, 5.74) is 0. The van der Waals surface area contributed by atoms with Crippen LogP contribution in [0.15, 0.2) is 0 Å². The lowest BCUT2D eigenvalue weighted by Gasteiger charge is -2.37. The van der Waals surface area contributed by atoms with Crippen LogP contribution in [0, 0.1) is 0 Å². The van der Waals surface area contributed by atoms with Crippen LogP contribution in [0.3, 0.4) is 0 Å². The van der Waals surface area contributed by atoms with Gasteiger partial charge in [0.05, 0.1) is 19.8 Å². The molecule has 3 atom stereocenters. The molecule has 0 aliphatic carbocycles. The van der Waals surface area contributed by atoms with Crippen LogP contribution in [-0.2, 0) is 9.47 Å². The van der Waals surface area contributed by atoms with Crippen molar-refractivity contribution in [1.82, 2.24) is 4.90 Å². The highest BCUT2D eigenvalue weighted by Crippen LogP contribution is 2.24. The standard InChI is InChI=1S/C8H15NO2/c1-6-3-10-4-7(2)9(6)8-5-11-8/h6-8H,3-5H2,1-2H3. The predicted molar refractivity (Wildman–Crippen MR) is 41.3 cm³/mol. The minimum Gasteiger partial charge on any atom is -0.378 e. The number of morpholine rings is 1. The van der Waals surface area contributed by atoms with Crippen molar-refractivity contribution < 1.29 is 9.47 Å². The zero-order valence-corrected chi connectivity index (χ0v) is 7.12. The van der Waals surface area contributed by atoms with Gasteiger partial charge in [-0.15, -0.1) is 0 Å². The summed E-state index contributed by atoms with van der Waals surface area (Å²) in [6, 6.07) is 1.04. The molecule has 0 aromatic heterocycles. The summed E-state index contributed by atoms with van der Waals surface area (Å²) in [4.78, 5) is 2.41. The summed E-state index contributed by atoms with van der Waals surface area (Å²) in [7, 11) is 0. The van der Waals surface area contributed by atoms with E-state index in [1.807, 2.05) is 0 Å². The van der Waals surface area contributed by atoms with Gasteiger partial charge in [-0.05, 0) is 13.8 Å². The fourth-order valence-corrected chi connectivity index (χ4v) is 1.80. The second-order valence-electron chi connectivity index (χ2n) is 3.47. The fraction of sp³-hybridized carbons (Fsp3) is 1.00. The molecule has 2 aliphatic rings. The zero-order valence-electron chi connectivity index (χ0n) is 7.12. The number of nitrogens with zero attached hydrogens (tertiary/aromatic N) is 1. The smallest absolute Gasteiger partial charge is 0.135 e. The molecule has 64 valence electrons. The van der Waals surface area contributed by atoms with Crippen molar-refractivity contribution in [3.05, 3.63) is 0 Å². The molecule has 2 aliphatic heterocycles. The van der Waals surface area contributed by atoms with Crippen molar-refractivity contribution >= 4 is 0 Å². The lowest BCUT2D eigenvalue weighted by Crippen LogP contribution is -2.50. The third-order valence-electron chi connectivity index (χ3n) is 2.38. The first-order chi connectivity index (χ1) is 5.29. The Kier molecular flexibility index (Phi) is 1.87. The van der Waals surface area contributed by atoms with E-state index in [9.17, 15) is 0 Å². The summed E-state index contributed by atoms with van der Waals surface area (Å²) in [6.45, 7) is 7.00. The molecule has 0 amide bonds. The summed E-state index contributed by atoms with van der Waals surface area (Å²) >= 11 is 0. The molecule has 2 heterocycles. The lowest BCUT2D eigenvalue weighted by molar-refractivity contribution is -0.0571. The van der Waals surface area contributed by atoms with E-state index in [0.717, 1.165) is 19.8 Å². The molecule has 0 bridgehead atoms. The van der Waals surface area contributed by atoms with Crippen molar-refractivity contribution in [3.8, 4) is 0 Å². The topological polar surface area (TPSA) is 25.0 Å². The Hall–Kier alpha value is -0.120. The van der Waals surface area contributed by atoms with E-state index in [1.165, 1.54) is 0 Å². The van der Waals surface area contributed by atoms with Gasteiger partial charge in [0.2, 0.25) is 0 Å². The van der Waals surface area contributed by atoms with Crippen LogP contribution >= 0.6 is 0 Å². The highest BCUT2D eigenvalue weighted by molar-refractivity contribution is 4.84. The van der Waals surface area contributed by atoms with Crippen molar-refractivity contribution in [2.75, 3.05) is 19.8 Å². The summed E-state index contributed by atoms with van der Waals surface area (Å²) in [5, 5.41) is 0. The third kappa shape index (κ3) is 1.41. The van der Waals surface area contributed by atoms with E-state index in [0.29, 0.717) is 18.3 Å². The number of rotatable bonds is 1. The van der Waals surface area contributed by atoms with Crippen molar-refractivity contribution in [3.63, 3.8) is 0 Å². The van der Waals surface area contributed by atoms with Gasteiger partial charge in [0.15, 0.2) is 0 Å². The van der Waals surface area contributed by atoms with Crippen molar-refractivity contribution in [2.45, 2.75) is 32.2 Å². The molecule has 3 unspecified atom stereocenters. The van der Waals surface area contributed by atoms with Gasteiger partial charge in [0, 0.05) is 12.1 Å². The summed E-state index contributed by atoms with van der Waals surface area (Å²) in [6.07, 6.45) is 0.392. The molecule has 0 aromatic carbocycles. The summed E-state index contributed by atoms with van der Waals surface area (Å²) in [5.74, 6) is 0. The van der Waals surface area contributed by atoms with Crippen LogP contribution in [0.5, 0.6) is 0 Å². The van der Waals surface area contributed by atoms with E-state index in [1.54, 1.807) is 0 Å². The highest BCUT2D eigenvalue weighted by atomic mass is 16.6. The largest absolute Gasteiger partial charge is 0.378 e. The average Bonchev–Trinajstić information content (AvgIpc) is 2.70.